The van der Waals surface area contributed by atoms with Crippen LogP contribution in [0.1, 0.15) is 23.3 Å². The molecule has 2 aromatic rings. The van der Waals surface area contributed by atoms with Crippen molar-refractivity contribution in [1.29, 1.82) is 0 Å². The van der Waals surface area contributed by atoms with Gasteiger partial charge in [0.2, 0.25) is 11.8 Å². The number of carbonyl (C=O) groups excluding carboxylic acids is 3. The summed E-state index contributed by atoms with van der Waals surface area (Å²) in [5, 5.41) is 2.77. The number of halogens is 1. The van der Waals surface area contributed by atoms with E-state index in [0.717, 1.165) is 9.26 Å². The molecule has 0 spiro atoms. The highest BCUT2D eigenvalue weighted by molar-refractivity contribution is 14.1. The molecule has 0 saturated carbocycles. The summed E-state index contributed by atoms with van der Waals surface area (Å²) in [5.74, 6) is -0.578. The third-order valence-electron chi connectivity index (χ3n) is 3.84. The second kappa shape index (κ2) is 7.16. The monoisotopic (exact) mass is 437 g/mol. The summed E-state index contributed by atoms with van der Waals surface area (Å²) in [6.07, 6.45) is 2.36. The summed E-state index contributed by atoms with van der Waals surface area (Å²) in [7, 11) is 0. The average Bonchev–Trinajstić information content (AvgIpc) is 3.16. The molecule has 3 amide bonds. The molecule has 24 heavy (non-hydrogen) atoms. The lowest BCUT2D eigenvalue weighted by Gasteiger charge is -2.14. The highest BCUT2D eigenvalue weighted by Gasteiger charge is 2.28. The van der Waals surface area contributed by atoms with E-state index in [1.807, 2.05) is 41.1 Å². The fraction of sp³-hybridized carbons (Fsp3) is 0.235. The number of likely N-dealkylation sites (tertiary alicyclic amines) is 1. The summed E-state index contributed by atoms with van der Waals surface area (Å²) in [6, 6.07) is 11.4. The van der Waals surface area contributed by atoms with Gasteiger partial charge in [-0.05, 0) is 52.9 Å². The Bertz CT molecular complexity index is 784. The van der Waals surface area contributed by atoms with Gasteiger partial charge < -0.3 is 9.88 Å². The van der Waals surface area contributed by atoms with E-state index in [1.54, 1.807) is 6.07 Å². The molecule has 0 atom stereocenters. The fourth-order valence-electron chi connectivity index (χ4n) is 2.66. The number of nitrogens with one attached hydrogen (secondary N) is 1. The van der Waals surface area contributed by atoms with Crippen LogP contribution in [0.15, 0.2) is 42.6 Å². The van der Waals surface area contributed by atoms with Gasteiger partial charge in [0.05, 0.1) is 0 Å². The van der Waals surface area contributed by atoms with Crippen LogP contribution in [0.3, 0.4) is 0 Å². The molecule has 0 unspecified atom stereocenters. The van der Waals surface area contributed by atoms with Crippen LogP contribution in [0, 0.1) is 3.57 Å². The lowest BCUT2D eigenvalue weighted by atomic mass is 10.3. The number of hydrogen-bond donors (Lipinski definition) is 1. The Labute approximate surface area is 153 Å². The maximum atomic E-state index is 12.4. The normalized spacial score (nSPS) is 14.3. The minimum absolute atomic E-state index is 0.170. The molecule has 3 rings (SSSR count). The first-order valence-corrected chi connectivity index (χ1v) is 8.69. The molecular formula is C17H16IN3O3. The van der Waals surface area contributed by atoms with Crippen molar-refractivity contribution in [2.45, 2.75) is 12.8 Å². The summed E-state index contributed by atoms with van der Waals surface area (Å²) < 4.78 is 2.89. The maximum Gasteiger partial charge on any atom is 0.268 e. The van der Waals surface area contributed by atoms with Gasteiger partial charge >= 0.3 is 0 Å². The molecule has 1 saturated heterocycles. The molecule has 1 fully saturated rings. The Morgan fingerprint density at radius 2 is 1.88 bits per heavy atom. The van der Waals surface area contributed by atoms with Gasteiger partial charge in [-0.3, -0.25) is 19.3 Å². The first kappa shape index (κ1) is 16.7. The Balaban J connectivity index is 1.65. The molecule has 2 heterocycles. The fourth-order valence-corrected chi connectivity index (χ4v) is 3.19. The van der Waals surface area contributed by atoms with Crippen LogP contribution in [0.5, 0.6) is 0 Å². The minimum atomic E-state index is -0.238. The first-order chi connectivity index (χ1) is 11.6. The Morgan fingerprint density at radius 1 is 1.12 bits per heavy atom. The van der Waals surface area contributed by atoms with Crippen molar-refractivity contribution >= 4 is 40.3 Å². The SMILES string of the molecule is O=C(NCCN1C(=O)CCC1=O)c1cccn1-c1cccc(I)c1. The predicted octanol–water partition coefficient (Wildman–Crippen LogP) is 1.96. The third kappa shape index (κ3) is 3.50. The molecule has 0 bridgehead atoms. The Morgan fingerprint density at radius 3 is 2.58 bits per heavy atom. The van der Waals surface area contributed by atoms with Crippen LogP contribution in [0.4, 0.5) is 0 Å². The van der Waals surface area contributed by atoms with E-state index < -0.39 is 0 Å². The van der Waals surface area contributed by atoms with Crippen molar-refractivity contribution < 1.29 is 14.4 Å². The van der Waals surface area contributed by atoms with Gasteiger partial charge in [-0.1, -0.05) is 6.07 Å². The molecule has 1 aliphatic rings. The van der Waals surface area contributed by atoms with Gasteiger partial charge in [-0.25, -0.2) is 0 Å². The zero-order valence-electron chi connectivity index (χ0n) is 12.9. The summed E-state index contributed by atoms with van der Waals surface area (Å²) in [5.41, 5.74) is 1.41. The van der Waals surface area contributed by atoms with Gasteiger partial charge in [-0.15, -0.1) is 0 Å². The van der Waals surface area contributed by atoms with Crippen LogP contribution >= 0.6 is 22.6 Å². The number of benzene rings is 1. The van der Waals surface area contributed by atoms with Gasteiger partial charge in [-0.2, -0.15) is 0 Å². The molecule has 0 aliphatic carbocycles. The molecule has 0 radical (unpaired) electrons. The molecule has 1 aromatic heterocycles. The predicted molar refractivity (Wildman–Crippen MR) is 96.8 cm³/mol. The molecule has 1 N–H and O–H groups in total. The number of hydrogen-bond acceptors (Lipinski definition) is 3. The van der Waals surface area contributed by atoms with Crippen molar-refractivity contribution in [3.63, 3.8) is 0 Å². The molecule has 1 aliphatic heterocycles. The van der Waals surface area contributed by atoms with Crippen molar-refractivity contribution in [3.8, 4) is 5.69 Å². The Hall–Kier alpha value is -2.16. The summed E-state index contributed by atoms with van der Waals surface area (Å²) in [6.45, 7) is 0.459. The second-order valence-electron chi connectivity index (χ2n) is 5.44. The lowest BCUT2D eigenvalue weighted by molar-refractivity contribution is -0.138. The second-order valence-corrected chi connectivity index (χ2v) is 6.68. The van der Waals surface area contributed by atoms with E-state index in [2.05, 4.69) is 27.9 Å². The van der Waals surface area contributed by atoms with Gasteiger partial charge in [0, 0.05) is 41.4 Å². The van der Waals surface area contributed by atoms with Crippen LogP contribution in [0.25, 0.3) is 5.69 Å². The zero-order valence-corrected chi connectivity index (χ0v) is 15.0. The zero-order chi connectivity index (χ0) is 17.1. The summed E-state index contributed by atoms with van der Waals surface area (Å²) in [4.78, 5) is 36.7. The largest absolute Gasteiger partial charge is 0.349 e. The van der Waals surface area contributed by atoms with Gasteiger partial charge in [0.1, 0.15) is 5.69 Å². The van der Waals surface area contributed by atoms with Gasteiger partial charge in [0.25, 0.3) is 5.91 Å². The molecule has 124 valence electrons. The van der Waals surface area contributed by atoms with Crippen molar-refractivity contribution in [1.82, 2.24) is 14.8 Å². The number of nitrogens with zero attached hydrogens (tertiary/aromatic N) is 2. The standard InChI is InChI=1S/C17H16IN3O3/c18-12-3-1-4-13(11-12)20-9-2-5-14(20)17(24)19-8-10-21-15(22)6-7-16(21)23/h1-5,9,11H,6-8,10H2,(H,19,24). The summed E-state index contributed by atoms with van der Waals surface area (Å²) >= 11 is 2.22. The average molecular weight is 437 g/mol. The molecular weight excluding hydrogens is 421 g/mol. The molecule has 6 nitrogen and oxygen atoms in total. The third-order valence-corrected chi connectivity index (χ3v) is 4.51. The number of imide groups is 1. The van der Waals surface area contributed by atoms with E-state index in [9.17, 15) is 14.4 Å². The van der Waals surface area contributed by atoms with E-state index in [-0.39, 0.29) is 43.7 Å². The number of carbonyl (C=O) groups is 3. The van der Waals surface area contributed by atoms with Crippen LogP contribution < -0.4 is 5.32 Å². The topological polar surface area (TPSA) is 71.4 Å². The highest BCUT2D eigenvalue weighted by Crippen LogP contribution is 2.16. The van der Waals surface area contributed by atoms with Crippen LogP contribution in [-0.4, -0.2) is 40.3 Å². The highest BCUT2D eigenvalue weighted by atomic mass is 127. The lowest BCUT2D eigenvalue weighted by Crippen LogP contribution is -2.38. The van der Waals surface area contributed by atoms with E-state index in [0.29, 0.717) is 5.69 Å². The van der Waals surface area contributed by atoms with Crippen LogP contribution in [0.2, 0.25) is 0 Å². The first-order valence-electron chi connectivity index (χ1n) is 7.61. The molecule has 1 aromatic carbocycles. The van der Waals surface area contributed by atoms with Gasteiger partial charge in [0.15, 0.2) is 0 Å². The quantitative estimate of drug-likeness (QED) is 0.575. The van der Waals surface area contributed by atoms with Crippen molar-refractivity contribution in [2.75, 3.05) is 13.1 Å². The number of amides is 3. The number of rotatable bonds is 5. The number of aromatic nitrogens is 1. The minimum Gasteiger partial charge on any atom is -0.349 e. The smallest absolute Gasteiger partial charge is 0.268 e. The van der Waals surface area contributed by atoms with Crippen LogP contribution in [-0.2, 0) is 9.59 Å². The van der Waals surface area contributed by atoms with E-state index in [4.69, 9.17) is 0 Å². The van der Waals surface area contributed by atoms with E-state index >= 15 is 0 Å². The van der Waals surface area contributed by atoms with Crippen molar-refractivity contribution in [3.05, 3.63) is 51.9 Å². The maximum absolute atomic E-state index is 12.4. The Kier molecular flexibility index (Phi) is 4.98. The van der Waals surface area contributed by atoms with E-state index in [1.165, 1.54) is 4.90 Å². The van der Waals surface area contributed by atoms with Crippen molar-refractivity contribution in [2.24, 2.45) is 0 Å². The molecule has 7 heteroatoms.